The molecule has 0 radical (unpaired) electrons. The summed E-state index contributed by atoms with van der Waals surface area (Å²) in [5, 5.41) is 14.3. The molecule has 1 aromatic rings. The average Bonchev–Trinajstić information content (AvgIpc) is 2.44. The van der Waals surface area contributed by atoms with Crippen LogP contribution in [0.1, 0.15) is 25.7 Å². The van der Waals surface area contributed by atoms with Gasteiger partial charge in [0.25, 0.3) is 0 Å². The molecule has 6 nitrogen and oxygen atoms in total. The van der Waals surface area contributed by atoms with Gasteiger partial charge in [-0.15, -0.1) is 0 Å². The van der Waals surface area contributed by atoms with Crippen LogP contribution in [0.5, 0.6) is 5.75 Å². The lowest BCUT2D eigenvalue weighted by Crippen LogP contribution is -2.38. The Morgan fingerprint density at radius 2 is 1.81 bits per heavy atom. The zero-order valence-electron chi connectivity index (χ0n) is 11.6. The first-order valence-corrected chi connectivity index (χ1v) is 7.07. The first kappa shape index (κ1) is 17.1. The van der Waals surface area contributed by atoms with Crippen LogP contribution in [0.2, 0.25) is 5.02 Å². The molecule has 0 bridgehead atoms. The Kier molecular flexibility index (Phi) is 8.04. The quantitative estimate of drug-likeness (QED) is 0.483. The van der Waals surface area contributed by atoms with Gasteiger partial charge in [0, 0.05) is 18.0 Å². The molecule has 1 aromatic carbocycles. The van der Waals surface area contributed by atoms with Gasteiger partial charge in [-0.05, 0) is 37.1 Å². The maximum Gasteiger partial charge on any atom is 0.317 e. The van der Waals surface area contributed by atoms with Crippen LogP contribution >= 0.6 is 11.6 Å². The number of halogens is 1. The second-order valence-electron chi connectivity index (χ2n) is 4.38. The molecule has 21 heavy (non-hydrogen) atoms. The molecule has 0 fully saturated rings. The number of amides is 2. The third-order valence-electron chi connectivity index (χ3n) is 2.64. The minimum atomic E-state index is -0.792. The van der Waals surface area contributed by atoms with E-state index in [4.69, 9.17) is 21.4 Å². The largest absolute Gasteiger partial charge is 0.481 e. The number of rotatable bonds is 9. The molecule has 0 spiro atoms. The van der Waals surface area contributed by atoms with Gasteiger partial charge in [0.15, 0.2) is 6.73 Å². The maximum absolute atomic E-state index is 11.4. The number of carbonyl (C=O) groups is 2. The SMILES string of the molecule is O=C(O)CCCCCNC(=O)NCOc1ccc(Cl)cc1. The van der Waals surface area contributed by atoms with E-state index < -0.39 is 5.97 Å². The summed E-state index contributed by atoms with van der Waals surface area (Å²) in [6.07, 6.45) is 2.31. The molecule has 0 saturated carbocycles. The van der Waals surface area contributed by atoms with E-state index in [9.17, 15) is 9.59 Å². The zero-order chi connectivity index (χ0) is 15.5. The number of hydrogen-bond acceptors (Lipinski definition) is 3. The van der Waals surface area contributed by atoms with Crippen molar-refractivity contribution in [3.8, 4) is 5.75 Å². The standard InChI is InChI=1S/C14H19ClN2O4/c15-11-5-7-12(8-6-11)21-10-17-14(20)16-9-3-1-2-4-13(18)19/h5-8H,1-4,9-10H2,(H,18,19)(H2,16,17,20). The monoisotopic (exact) mass is 314 g/mol. The minimum absolute atomic E-state index is 0.0620. The number of hydrogen-bond donors (Lipinski definition) is 3. The Morgan fingerprint density at radius 1 is 1.10 bits per heavy atom. The van der Waals surface area contributed by atoms with Gasteiger partial charge in [0.1, 0.15) is 5.75 Å². The first-order chi connectivity index (χ1) is 10.1. The molecule has 0 atom stereocenters. The van der Waals surface area contributed by atoms with Gasteiger partial charge in [-0.1, -0.05) is 18.0 Å². The molecule has 2 amide bonds. The maximum atomic E-state index is 11.4. The number of nitrogens with one attached hydrogen (secondary N) is 2. The number of benzene rings is 1. The number of aliphatic carboxylic acids is 1. The molecule has 0 aliphatic heterocycles. The zero-order valence-corrected chi connectivity index (χ0v) is 12.4. The highest BCUT2D eigenvalue weighted by molar-refractivity contribution is 6.30. The van der Waals surface area contributed by atoms with Gasteiger partial charge in [-0.3, -0.25) is 4.79 Å². The van der Waals surface area contributed by atoms with Crippen molar-refractivity contribution in [3.05, 3.63) is 29.3 Å². The predicted octanol–water partition coefficient (Wildman–Crippen LogP) is 2.62. The van der Waals surface area contributed by atoms with E-state index in [0.29, 0.717) is 23.7 Å². The van der Waals surface area contributed by atoms with Crippen LogP contribution in [0.15, 0.2) is 24.3 Å². The minimum Gasteiger partial charge on any atom is -0.481 e. The number of unbranched alkanes of at least 4 members (excludes halogenated alkanes) is 2. The molecule has 116 valence electrons. The van der Waals surface area contributed by atoms with E-state index in [-0.39, 0.29) is 19.2 Å². The highest BCUT2D eigenvalue weighted by atomic mass is 35.5. The van der Waals surface area contributed by atoms with E-state index >= 15 is 0 Å². The summed E-state index contributed by atoms with van der Waals surface area (Å²) < 4.78 is 5.31. The molecule has 3 N–H and O–H groups in total. The normalized spacial score (nSPS) is 9.95. The smallest absolute Gasteiger partial charge is 0.317 e. The fraction of sp³-hybridized carbons (Fsp3) is 0.429. The fourth-order valence-corrected chi connectivity index (χ4v) is 1.68. The van der Waals surface area contributed by atoms with Crippen molar-refractivity contribution < 1.29 is 19.4 Å². The van der Waals surface area contributed by atoms with Gasteiger partial charge in [-0.25, -0.2) is 4.79 Å². The van der Waals surface area contributed by atoms with Gasteiger partial charge >= 0.3 is 12.0 Å². The van der Waals surface area contributed by atoms with Crippen molar-refractivity contribution in [2.45, 2.75) is 25.7 Å². The highest BCUT2D eigenvalue weighted by Crippen LogP contribution is 2.14. The van der Waals surface area contributed by atoms with Crippen LogP contribution in [-0.2, 0) is 4.79 Å². The Morgan fingerprint density at radius 3 is 2.48 bits per heavy atom. The molecular formula is C14H19ClN2O4. The van der Waals surface area contributed by atoms with E-state index in [1.807, 2.05) is 0 Å². The summed E-state index contributed by atoms with van der Waals surface area (Å²) in [4.78, 5) is 21.7. The molecule has 0 heterocycles. The summed E-state index contributed by atoms with van der Waals surface area (Å²) in [7, 11) is 0. The predicted molar refractivity (Wildman–Crippen MR) is 79.6 cm³/mol. The lowest BCUT2D eigenvalue weighted by Gasteiger charge is -2.09. The number of carboxylic acids is 1. The van der Waals surface area contributed by atoms with Crippen LogP contribution in [0.3, 0.4) is 0 Å². The van der Waals surface area contributed by atoms with E-state index in [0.717, 1.165) is 12.8 Å². The molecule has 0 aliphatic carbocycles. The molecule has 7 heteroatoms. The molecule has 0 aliphatic rings. The van der Waals surface area contributed by atoms with Crippen molar-refractivity contribution in [3.63, 3.8) is 0 Å². The van der Waals surface area contributed by atoms with Crippen LogP contribution < -0.4 is 15.4 Å². The molecule has 0 aromatic heterocycles. The van der Waals surface area contributed by atoms with Crippen LogP contribution in [0, 0.1) is 0 Å². The van der Waals surface area contributed by atoms with Gasteiger partial charge in [-0.2, -0.15) is 0 Å². The molecule has 0 unspecified atom stereocenters. The molecule has 0 saturated heterocycles. The number of ether oxygens (including phenoxy) is 1. The van der Waals surface area contributed by atoms with Gasteiger partial charge < -0.3 is 20.5 Å². The lowest BCUT2D eigenvalue weighted by atomic mass is 10.2. The summed E-state index contributed by atoms with van der Waals surface area (Å²) in [6, 6.07) is 6.51. The third-order valence-corrected chi connectivity index (χ3v) is 2.89. The van der Waals surface area contributed by atoms with Crippen molar-refractivity contribution in [1.82, 2.24) is 10.6 Å². The Balaban J connectivity index is 2.01. The fourth-order valence-electron chi connectivity index (χ4n) is 1.56. The summed E-state index contributed by atoms with van der Waals surface area (Å²) in [5.74, 6) is -0.173. The number of carboxylic acid groups (broad SMARTS) is 1. The van der Waals surface area contributed by atoms with Crippen molar-refractivity contribution in [2.75, 3.05) is 13.3 Å². The second-order valence-corrected chi connectivity index (χ2v) is 4.82. The van der Waals surface area contributed by atoms with Gasteiger partial charge in [0.2, 0.25) is 0 Å². The number of urea groups is 1. The topological polar surface area (TPSA) is 87.7 Å². The van der Waals surface area contributed by atoms with Crippen LogP contribution in [-0.4, -0.2) is 30.4 Å². The van der Waals surface area contributed by atoms with Crippen molar-refractivity contribution in [1.29, 1.82) is 0 Å². The summed E-state index contributed by atoms with van der Waals surface area (Å²) in [6.45, 7) is 0.568. The summed E-state index contributed by atoms with van der Waals surface area (Å²) >= 11 is 5.74. The van der Waals surface area contributed by atoms with Crippen LogP contribution in [0.25, 0.3) is 0 Å². The van der Waals surface area contributed by atoms with E-state index in [2.05, 4.69) is 10.6 Å². The molecular weight excluding hydrogens is 296 g/mol. The number of carbonyl (C=O) groups excluding carboxylic acids is 1. The van der Waals surface area contributed by atoms with E-state index in [1.165, 1.54) is 0 Å². The Bertz CT molecular complexity index is 451. The van der Waals surface area contributed by atoms with Gasteiger partial charge in [0.05, 0.1) is 0 Å². The first-order valence-electron chi connectivity index (χ1n) is 6.70. The van der Waals surface area contributed by atoms with Crippen LogP contribution in [0.4, 0.5) is 4.79 Å². The second kappa shape index (κ2) is 9.88. The highest BCUT2D eigenvalue weighted by Gasteiger charge is 2.00. The van der Waals surface area contributed by atoms with Crippen molar-refractivity contribution in [2.24, 2.45) is 0 Å². The molecule has 1 rings (SSSR count). The Labute approximate surface area is 128 Å². The Hall–Kier alpha value is -1.95. The third kappa shape index (κ3) is 8.75. The van der Waals surface area contributed by atoms with Crippen molar-refractivity contribution >= 4 is 23.6 Å². The summed E-state index contributed by atoms with van der Waals surface area (Å²) in [5.41, 5.74) is 0. The lowest BCUT2D eigenvalue weighted by molar-refractivity contribution is -0.137. The van der Waals surface area contributed by atoms with E-state index in [1.54, 1.807) is 24.3 Å². The average molecular weight is 315 g/mol.